The van der Waals surface area contributed by atoms with Gasteiger partial charge in [0, 0.05) is 11.8 Å². The van der Waals surface area contributed by atoms with Gasteiger partial charge in [0.25, 0.3) is 0 Å². The highest BCUT2D eigenvalue weighted by molar-refractivity contribution is 6.74. The first-order valence-corrected chi connectivity index (χ1v) is 9.17. The quantitative estimate of drug-likeness (QED) is 0.594. The van der Waals surface area contributed by atoms with E-state index in [1.54, 1.807) is 0 Å². The van der Waals surface area contributed by atoms with Crippen molar-refractivity contribution in [2.24, 2.45) is 11.8 Å². The summed E-state index contributed by atoms with van der Waals surface area (Å²) >= 11 is 0. The van der Waals surface area contributed by atoms with Crippen LogP contribution in [-0.4, -0.2) is 25.6 Å². The first kappa shape index (κ1) is 12.3. The molecule has 0 spiro atoms. The Morgan fingerprint density at radius 1 is 1.19 bits per heavy atom. The van der Waals surface area contributed by atoms with E-state index >= 15 is 0 Å². The maximum Gasteiger partial charge on any atom is 0.192 e. The summed E-state index contributed by atoms with van der Waals surface area (Å²) in [6.45, 7) is 11.4. The van der Waals surface area contributed by atoms with E-state index in [2.05, 4.69) is 46.0 Å². The molecule has 0 heterocycles. The van der Waals surface area contributed by atoms with E-state index in [4.69, 9.17) is 4.43 Å². The third-order valence-corrected chi connectivity index (χ3v) is 9.10. The number of aliphatic hydroxyl groups is 1. The highest BCUT2D eigenvalue weighted by Gasteiger charge is 2.48. The van der Waals surface area contributed by atoms with Crippen molar-refractivity contribution in [3.63, 3.8) is 0 Å². The van der Waals surface area contributed by atoms with Crippen molar-refractivity contribution in [3.8, 4) is 0 Å². The molecular formula is C13H24O2Si. The molecule has 0 aromatic heterocycles. The average Bonchev–Trinajstić information content (AvgIpc) is 2.15. The first-order valence-electron chi connectivity index (χ1n) is 6.26. The van der Waals surface area contributed by atoms with Crippen LogP contribution in [0.3, 0.4) is 0 Å². The molecule has 2 rings (SSSR count). The fourth-order valence-electron chi connectivity index (χ4n) is 2.36. The molecule has 0 amide bonds. The standard InChI is InChI=1S/C13H24O2Si/c1-13(2,3)16(4,5)15-12-8-11(14)9-6-7-10(9)12/h6-7,9-12,14H,8H2,1-5H3/t9-,10+,11-,12-/m1/s1. The molecule has 0 unspecified atom stereocenters. The van der Waals surface area contributed by atoms with Gasteiger partial charge < -0.3 is 9.53 Å². The maximum absolute atomic E-state index is 9.87. The zero-order valence-corrected chi connectivity index (χ0v) is 12.0. The molecule has 2 nitrogen and oxygen atoms in total. The van der Waals surface area contributed by atoms with E-state index in [9.17, 15) is 5.11 Å². The highest BCUT2D eigenvalue weighted by Crippen LogP contribution is 2.46. The number of hydrogen-bond donors (Lipinski definition) is 1. The minimum Gasteiger partial charge on any atom is -0.413 e. The molecule has 2 aliphatic rings. The van der Waals surface area contributed by atoms with Crippen LogP contribution in [0.15, 0.2) is 12.2 Å². The molecule has 1 saturated carbocycles. The Morgan fingerprint density at radius 3 is 2.12 bits per heavy atom. The molecule has 0 aliphatic heterocycles. The lowest BCUT2D eigenvalue weighted by molar-refractivity contribution is 0.132. The van der Waals surface area contributed by atoms with Gasteiger partial charge in [-0.15, -0.1) is 0 Å². The summed E-state index contributed by atoms with van der Waals surface area (Å²) in [5.74, 6) is 0.846. The Balaban J connectivity index is 2.04. The lowest BCUT2D eigenvalue weighted by atomic mass is 9.84. The Kier molecular flexibility index (Phi) is 2.84. The molecule has 4 atom stereocenters. The first-order chi connectivity index (χ1) is 7.22. The predicted molar refractivity (Wildman–Crippen MR) is 68.8 cm³/mol. The van der Waals surface area contributed by atoms with Gasteiger partial charge in [-0.25, -0.2) is 0 Å². The highest BCUT2D eigenvalue weighted by atomic mass is 28.4. The number of rotatable bonds is 2. The fraction of sp³-hybridized carbons (Fsp3) is 0.846. The summed E-state index contributed by atoms with van der Waals surface area (Å²) < 4.78 is 6.40. The van der Waals surface area contributed by atoms with Gasteiger partial charge in [0.05, 0.1) is 12.2 Å². The second-order valence-electron chi connectivity index (χ2n) is 6.76. The van der Waals surface area contributed by atoms with Gasteiger partial charge in [-0.2, -0.15) is 0 Å². The summed E-state index contributed by atoms with van der Waals surface area (Å²) in [5, 5.41) is 10.1. The SMILES string of the molecule is CC(C)(C)[Si](C)(C)O[C@@H]1C[C@@H](O)[C@@H]2C=C[C@@H]21. The van der Waals surface area contributed by atoms with Crippen LogP contribution in [0.1, 0.15) is 27.2 Å². The van der Waals surface area contributed by atoms with Crippen molar-refractivity contribution >= 4 is 8.32 Å². The van der Waals surface area contributed by atoms with Crippen molar-refractivity contribution < 1.29 is 9.53 Å². The van der Waals surface area contributed by atoms with Crippen molar-refractivity contribution in [1.29, 1.82) is 0 Å². The molecule has 0 aromatic rings. The molecular weight excluding hydrogens is 216 g/mol. The third kappa shape index (κ3) is 1.89. The van der Waals surface area contributed by atoms with Gasteiger partial charge in [0.2, 0.25) is 0 Å². The molecule has 0 bridgehead atoms. The van der Waals surface area contributed by atoms with Crippen LogP contribution in [0.5, 0.6) is 0 Å². The van der Waals surface area contributed by atoms with Crippen LogP contribution in [0, 0.1) is 11.8 Å². The minimum atomic E-state index is -1.68. The second-order valence-corrected chi connectivity index (χ2v) is 11.5. The summed E-state index contributed by atoms with van der Waals surface area (Å²) in [7, 11) is -1.68. The lowest BCUT2D eigenvalue weighted by Gasteiger charge is -2.40. The van der Waals surface area contributed by atoms with Gasteiger partial charge in [0.15, 0.2) is 8.32 Å². The molecule has 2 aliphatic carbocycles. The largest absolute Gasteiger partial charge is 0.413 e. The van der Waals surface area contributed by atoms with E-state index in [0.29, 0.717) is 11.8 Å². The summed E-state index contributed by atoms with van der Waals surface area (Å²) in [4.78, 5) is 0. The lowest BCUT2D eigenvalue weighted by Crippen LogP contribution is -2.45. The summed E-state index contributed by atoms with van der Waals surface area (Å²) in [5.41, 5.74) is 0. The molecule has 3 heteroatoms. The Hall–Kier alpha value is -0.123. The molecule has 0 aromatic carbocycles. The zero-order valence-electron chi connectivity index (χ0n) is 11.0. The van der Waals surface area contributed by atoms with Crippen LogP contribution >= 0.6 is 0 Å². The van der Waals surface area contributed by atoms with Gasteiger partial charge in [-0.1, -0.05) is 32.9 Å². The van der Waals surface area contributed by atoms with Crippen LogP contribution < -0.4 is 0 Å². The molecule has 16 heavy (non-hydrogen) atoms. The van der Waals surface area contributed by atoms with Gasteiger partial charge in [-0.05, 0) is 24.6 Å². The van der Waals surface area contributed by atoms with E-state index in [0.717, 1.165) is 6.42 Å². The molecule has 0 saturated heterocycles. The minimum absolute atomic E-state index is 0.176. The number of fused-ring (bicyclic) bond motifs is 1. The molecule has 1 fully saturated rings. The van der Waals surface area contributed by atoms with Gasteiger partial charge in [-0.3, -0.25) is 0 Å². The summed E-state index contributed by atoms with van der Waals surface area (Å²) in [6, 6.07) is 0. The van der Waals surface area contributed by atoms with E-state index in [1.165, 1.54) is 0 Å². The van der Waals surface area contributed by atoms with Crippen LogP contribution in [0.4, 0.5) is 0 Å². The van der Waals surface area contributed by atoms with Crippen molar-refractivity contribution in [1.82, 2.24) is 0 Å². The third-order valence-electron chi connectivity index (χ3n) is 4.60. The van der Waals surface area contributed by atoms with Gasteiger partial charge >= 0.3 is 0 Å². The second kappa shape index (κ2) is 3.69. The Bertz CT molecular complexity index is 304. The Morgan fingerprint density at radius 2 is 1.75 bits per heavy atom. The van der Waals surface area contributed by atoms with Crippen LogP contribution in [0.2, 0.25) is 18.1 Å². The topological polar surface area (TPSA) is 29.5 Å². The van der Waals surface area contributed by atoms with Crippen molar-refractivity contribution in [2.45, 2.75) is 57.5 Å². The number of hydrogen-bond acceptors (Lipinski definition) is 2. The van der Waals surface area contributed by atoms with E-state index < -0.39 is 8.32 Å². The molecule has 1 N–H and O–H groups in total. The van der Waals surface area contributed by atoms with Crippen molar-refractivity contribution in [3.05, 3.63) is 12.2 Å². The number of aliphatic hydroxyl groups excluding tert-OH is 1. The zero-order chi connectivity index (χ0) is 12.1. The Labute approximate surface area is 99.8 Å². The summed E-state index contributed by atoms with van der Waals surface area (Å²) in [6.07, 6.45) is 5.23. The van der Waals surface area contributed by atoms with Crippen LogP contribution in [-0.2, 0) is 4.43 Å². The van der Waals surface area contributed by atoms with Crippen molar-refractivity contribution in [2.75, 3.05) is 0 Å². The van der Waals surface area contributed by atoms with Gasteiger partial charge in [0.1, 0.15) is 0 Å². The molecule has 92 valence electrons. The average molecular weight is 240 g/mol. The normalized spacial score (nSPS) is 38.4. The monoisotopic (exact) mass is 240 g/mol. The van der Waals surface area contributed by atoms with Crippen LogP contribution in [0.25, 0.3) is 0 Å². The fourth-order valence-corrected chi connectivity index (χ4v) is 3.72. The molecule has 0 radical (unpaired) electrons. The smallest absolute Gasteiger partial charge is 0.192 e. The maximum atomic E-state index is 9.87. The van der Waals surface area contributed by atoms with E-state index in [1.807, 2.05) is 0 Å². The predicted octanol–water partition coefficient (Wildman–Crippen LogP) is 2.94. The van der Waals surface area contributed by atoms with E-state index in [-0.39, 0.29) is 17.2 Å².